The minimum atomic E-state index is -3.69. The van der Waals surface area contributed by atoms with Gasteiger partial charge in [0.1, 0.15) is 0 Å². The van der Waals surface area contributed by atoms with Gasteiger partial charge >= 0.3 is 0 Å². The predicted molar refractivity (Wildman–Crippen MR) is 105 cm³/mol. The number of amides is 2. The van der Waals surface area contributed by atoms with Gasteiger partial charge in [0.2, 0.25) is 21.8 Å². The van der Waals surface area contributed by atoms with E-state index in [1.165, 1.54) is 13.0 Å². The topological polar surface area (TPSA) is 95.6 Å². The second-order valence-corrected chi connectivity index (χ2v) is 8.20. The number of nitrogens with one attached hydrogen (secondary N) is 2. The fraction of sp³-hybridized carbons (Fsp3) is 0.263. The van der Waals surface area contributed by atoms with Crippen molar-refractivity contribution >= 4 is 38.9 Å². The summed E-state index contributed by atoms with van der Waals surface area (Å²) in [7, 11) is -3.69. The molecule has 0 bridgehead atoms. The second kappa shape index (κ2) is 7.79. The molecule has 1 heterocycles. The molecule has 0 unspecified atom stereocenters. The van der Waals surface area contributed by atoms with Crippen molar-refractivity contribution < 1.29 is 18.0 Å². The van der Waals surface area contributed by atoms with Crippen LogP contribution in [-0.4, -0.2) is 32.5 Å². The molecule has 2 N–H and O–H groups in total. The van der Waals surface area contributed by atoms with Crippen LogP contribution in [0.3, 0.4) is 0 Å². The molecule has 0 spiro atoms. The van der Waals surface area contributed by atoms with E-state index in [0.717, 1.165) is 17.7 Å². The number of sulfonamides is 1. The van der Waals surface area contributed by atoms with E-state index < -0.39 is 10.0 Å². The Morgan fingerprint density at radius 1 is 1.07 bits per heavy atom. The van der Waals surface area contributed by atoms with Gasteiger partial charge in [-0.25, -0.2) is 8.42 Å². The quantitative estimate of drug-likeness (QED) is 0.795. The number of benzene rings is 2. The monoisotopic (exact) mass is 387 g/mol. The Labute approximate surface area is 158 Å². The molecule has 0 aromatic heterocycles. The number of carbonyl (C=O) groups is 2. The van der Waals surface area contributed by atoms with Gasteiger partial charge in [-0.05, 0) is 36.2 Å². The van der Waals surface area contributed by atoms with E-state index in [4.69, 9.17) is 0 Å². The Morgan fingerprint density at radius 3 is 2.59 bits per heavy atom. The fourth-order valence-electron chi connectivity index (χ4n) is 3.05. The van der Waals surface area contributed by atoms with E-state index in [1.54, 1.807) is 23.1 Å². The van der Waals surface area contributed by atoms with Crippen molar-refractivity contribution in [3.05, 3.63) is 54.1 Å². The Hall–Kier alpha value is -2.87. The second-order valence-electron chi connectivity index (χ2n) is 6.36. The Morgan fingerprint density at radius 2 is 1.81 bits per heavy atom. The minimum absolute atomic E-state index is 0.102. The van der Waals surface area contributed by atoms with Crippen molar-refractivity contribution in [2.24, 2.45) is 0 Å². The van der Waals surface area contributed by atoms with Crippen molar-refractivity contribution in [3.8, 4) is 0 Å². The summed E-state index contributed by atoms with van der Waals surface area (Å²) in [4.78, 5) is 25.2. The van der Waals surface area contributed by atoms with Gasteiger partial charge in [0.25, 0.3) is 0 Å². The molecule has 7 nitrogen and oxygen atoms in total. The van der Waals surface area contributed by atoms with E-state index in [-0.39, 0.29) is 24.0 Å². The number of nitrogens with zero attached hydrogens (tertiary/aromatic N) is 1. The summed E-state index contributed by atoms with van der Waals surface area (Å²) < 4.78 is 27.1. The van der Waals surface area contributed by atoms with Crippen LogP contribution < -0.4 is 14.9 Å². The molecule has 3 rings (SSSR count). The highest BCUT2D eigenvalue weighted by molar-refractivity contribution is 7.92. The summed E-state index contributed by atoms with van der Waals surface area (Å²) in [6.45, 7) is 1.95. The number of fused-ring (bicyclic) bond motifs is 1. The molecule has 27 heavy (non-hydrogen) atoms. The summed E-state index contributed by atoms with van der Waals surface area (Å²) in [6.07, 6.45) is 0.678. The summed E-state index contributed by atoms with van der Waals surface area (Å²) in [6, 6.07) is 14.0. The third kappa shape index (κ3) is 4.85. The van der Waals surface area contributed by atoms with E-state index in [2.05, 4.69) is 10.0 Å². The fourth-order valence-corrected chi connectivity index (χ4v) is 4.08. The molecule has 2 amide bonds. The molecule has 1 aliphatic rings. The molecule has 0 aliphatic carbocycles. The van der Waals surface area contributed by atoms with Gasteiger partial charge in [0.05, 0.1) is 11.4 Å². The summed E-state index contributed by atoms with van der Waals surface area (Å²) >= 11 is 0. The first-order chi connectivity index (χ1) is 12.8. The summed E-state index contributed by atoms with van der Waals surface area (Å²) in [5, 5.41) is 2.59. The van der Waals surface area contributed by atoms with Crippen molar-refractivity contribution in [1.82, 2.24) is 0 Å². The maximum Gasteiger partial charge on any atom is 0.233 e. The number of anilines is 3. The standard InChI is InChI=1S/C19H21N3O4S/c1-14(23)20-16-6-4-7-17(13-16)21-27(25,26)12-10-19(24)22-11-9-15-5-2-3-8-18(15)22/h2-8,13,21H,9-12H2,1H3,(H,20,23). The minimum Gasteiger partial charge on any atom is -0.326 e. The van der Waals surface area contributed by atoms with E-state index in [9.17, 15) is 18.0 Å². The van der Waals surface area contributed by atoms with Gasteiger partial charge in [-0.15, -0.1) is 0 Å². The Bertz CT molecular complexity index is 972. The zero-order valence-electron chi connectivity index (χ0n) is 14.9. The van der Waals surface area contributed by atoms with Crippen LogP contribution in [0.25, 0.3) is 0 Å². The SMILES string of the molecule is CC(=O)Nc1cccc(NS(=O)(=O)CCC(=O)N2CCc3ccccc32)c1. The molecular formula is C19H21N3O4S. The van der Waals surface area contributed by atoms with Gasteiger partial charge < -0.3 is 10.2 Å². The lowest BCUT2D eigenvalue weighted by molar-refractivity contribution is -0.118. The molecule has 2 aromatic carbocycles. The highest BCUT2D eigenvalue weighted by atomic mass is 32.2. The van der Waals surface area contributed by atoms with E-state index >= 15 is 0 Å². The van der Waals surface area contributed by atoms with Crippen LogP contribution in [0, 0.1) is 0 Å². The molecule has 0 radical (unpaired) electrons. The largest absolute Gasteiger partial charge is 0.326 e. The van der Waals surface area contributed by atoms with Crippen LogP contribution in [0.5, 0.6) is 0 Å². The van der Waals surface area contributed by atoms with Crippen LogP contribution in [0.2, 0.25) is 0 Å². The number of hydrogen-bond donors (Lipinski definition) is 2. The third-order valence-electron chi connectivity index (χ3n) is 4.23. The van der Waals surface area contributed by atoms with Crippen LogP contribution in [-0.2, 0) is 26.0 Å². The normalized spacial score (nSPS) is 13.1. The molecular weight excluding hydrogens is 366 g/mol. The highest BCUT2D eigenvalue weighted by Crippen LogP contribution is 2.28. The number of rotatable bonds is 6. The maximum atomic E-state index is 12.5. The van der Waals surface area contributed by atoms with Crippen molar-refractivity contribution in [3.63, 3.8) is 0 Å². The first-order valence-electron chi connectivity index (χ1n) is 8.60. The molecule has 0 fully saturated rings. The number of carbonyl (C=O) groups excluding carboxylic acids is 2. The molecule has 142 valence electrons. The third-order valence-corrected chi connectivity index (χ3v) is 5.52. The zero-order chi connectivity index (χ0) is 19.4. The first-order valence-corrected chi connectivity index (χ1v) is 10.3. The molecule has 2 aromatic rings. The summed E-state index contributed by atoms with van der Waals surface area (Å²) in [5.41, 5.74) is 2.78. The molecule has 0 atom stereocenters. The number of hydrogen-bond acceptors (Lipinski definition) is 4. The molecule has 0 saturated heterocycles. The van der Waals surface area contributed by atoms with Gasteiger partial charge in [-0.2, -0.15) is 0 Å². The van der Waals surface area contributed by atoms with Gasteiger partial charge in [0.15, 0.2) is 0 Å². The van der Waals surface area contributed by atoms with Crippen LogP contribution >= 0.6 is 0 Å². The Balaban J connectivity index is 1.61. The molecule has 1 aliphatic heterocycles. The molecule has 8 heteroatoms. The van der Waals surface area contributed by atoms with Crippen molar-refractivity contribution in [1.29, 1.82) is 0 Å². The number of para-hydroxylation sites is 1. The van der Waals surface area contributed by atoms with Crippen molar-refractivity contribution in [2.75, 3.05) is 27.2 Å². The maximum absolute atomic E-state index is 12.5. The van der Waals surface area contributed by atoms with Crippen LogP contribution in [0.4, 0.5) is 17.1 Å². The lowest BCUT2D eigenvalue weighted by Crippen LogP contribution is -2.31. The van der Waals surface area contributed by atoms with Gasteiger partial charge in [0, 0.05) is 31.3 Å². The lowest BCUT2D eigenvalue weighted by Gasteiger charge is -2.17. The first kappa shape index (κ1) is 18.9. The van der Waals surface area contributed by atoms with E-state index in [0.29, 0.717) is 17.9 Å². The van der Waals surface area contributed by atoms with E-state index in [1.807, 2.05) is 24.3 Å². The van der Waals surface area contributed by atoms with Crippen LogP contribution in [0.1, 0.15) is 18.9 Å². The average molecular weight is 387 g/mol. The molecule has 0 saturated carbocycles. The lowest BCUT2D eigenvalue weighted by atomic mass is 10.2. The van der Waals surface area contributed by atoms with Crippen molar-refractivity contribution in [2.45, 2.75) is 19.8 Å². The van der Waals surface area contributed by atoms with Crippen LogP contribution in [0.15, 0.2) is 48.5 Å². The van der Waals surface area contributed by atoms with Gasteiger partial charge in [-0.1, -0.05) is 24.3 Å². The highest BCUT2D eigenvalue weighted by Gasteiger charge is 2.25. The average Bonchev–Trinajstić information content (AvgIpc) is 3.03. The van der Waals surface area contributed by atoms with Gasteiger partial charge in [-0.3, -0.25) is 14.3 Å². The Kier molecular flexibility index (Phi) is 5.46. The zero-order valence-corrected chi connectivity index (χ0v) is 15.8. The smallest absolute Gasteiger partial charge is 0.233 e. The summed E-state index contributed by atoms with van der Waals surface area (Å²) in [5.74, 6) is -0.765. The predicted octanol–water partition coefficient (Wildman–Crippen LogP) is 2.37.